The molecule has 0 aliphatic carbocycles. The summed E-state index contributed by atoms with van der Waals surface area (Å²) in [5.41, 5.74) is 2.88. The SMILES string of the molecule is CCC(=O)Nc1ccc(N(C)C)c(CN(C(=O)c2cccc(F)c2)[C@@H](C)C(C)C)c1. The van der Waals surface area contributed by atoms with Crippen molar-refractivity contribution in [3.8, 4) is 0 Å². The summed E-state index contributed by atoms with van der Waals surface area (Å²) < 4.78 is 13.7. The molecule has 5 nitrogen and oxygen atoms in total. The topological polar surface area (TPSA) is 52.7 Å². The summed E-state index contributed by atoms with van der Waals surface area (Å²) in [6.07, 6.45) is 0.388. The fraction of sp³-hybridized carbons (Fsp3) is 0.417. The van der Waals surface area contributed by atoms with E-state index in [-0.39, 0.29) is 23.8 Å². The highest BCUT2D eigenvalue weighted by atomic mass is 19.1. The second kappa shape index (κ2) is 10.2. The van der Waals surface area contributed by atoms with Gasteiger partial charge in [0, 0.05) is 50.0 Å². The summed E-state index contributed by atoms with van der Waals surface area (Å²) in [6, 6.07) is 11.4. The number of carbonyl (C=O) groups is 2. The summed E-state index contributed by atoms with van der Waals surface area (Å²) >= 11 is 0. The number of rotatable bonds is 8. The summed E-state index contributed by atoms with van der Waals surface area (Å²) in [5.74, 6) is -0.505. The Kier molecular flexibility index (Phi) is 7.98. The van der Waals surface area contributed by atoms with Gasteiger partial charge in [-0.25, -0.2) is 4.39 Å². The van der Waals surface area contributed by atoms with Crippen molar-refractivity contribution in [1.29, 1.82) is 0 Å². The molecule has 0 aliphatic heterocycles. The maximum absolute atomic E-state index is 13.7. The van der Waals surface area contributed by atoms with Crippen LogP contribution >= 0.6 is 0 Å². The first-order valence-electron chi connectivity index (χ1n) is 10.3. The zero-order valence-corrected chi connectivity index (χ0v) is 18.7. The zero-order chi connectivity index (χ0) is 22.4. The average Bonchev–Trinajstić information content (AvgIpc) is 2.70. The lowest BCUT2D eigenvalue weighted by molar-refractivity contribution is -0.115. The maximum Gasteiger partial charge on any atom is 0.254 e. The van der Waals surface area contributed by atoms with Gasteiger partial charge < -0.3 is 15.1 Å². The number of hydrogen-bond acceptors (Lipinski definition) is 3. The number of hydrogen-bond donors (Lipinski definition) is 1. The molecule has 2 aromatic rings. The Morgan fingerprint density at radius 1 is 1.07 bits per heavy atom. The van der Waals surface area contributed by atoms with E-state index in [0.29, 0.717) is 24.2 Å². The van der Waals surface area contributed by atoms with Crippen LogP contribution < -0.4 is 10.2 Å². The number of anilines is 2. The standard InChI is InChI=1S/C24H32FN3O2/c1-7-23(29)26-21-11-12-22(27(5)6)19(14-21)15-28(17(4)16(2)3)24(30)18-9-8-10-20(25)13-18/h8-14,16-17H,7,15H2,1-6H3,(H,26,29)/t17-/m0/s1. The van der Waals surface area contributed by atoms with Crippen molar-refractivity contribution in [3.63, 3.8) is 0 Å². The summed E-state index contributed by atoms with van der Waals surface area (Å²) in [4.78, 5) is 28.9. The van der Waals surface area contributed by atoms with E-state index >= 15 is 0 Å². The van der Waals surface area contributed by atoms with Crippen molar-refractivity contribution >= 4 is 23.2 Å². The molecule has 2 aromatic carbocycles. The molecule has 0 saturated carbocycles. The van der Waals surface area contributed by atoms with Crippen LogP contribution in [0.1, 0.15) is 50.0 Å². The van der Waals surface area contributed by atoms with Crippen molar-refractivity contribution in [1.82, 2.24) is 4.90 Å². The van der Waals surface area contributed by atoms with E-state index in [0.717, 1.165) is 11.3 Å². The van der Waals surface area contributed by atoms with Gasteiger partial charge in [-0.05, 0) is 54.8 Å². The highest BCUT2D eigenvalue weighted by Crippen LogP contribution is 2.27. The molecule has 0 aromatic heterocycles. The Hall–Kier alpha value is -2.89. The molecule has 0 bridgehead atoms. The average molecular weight is 414 g/mol. The molecule has 1 atom stereocenters. The van der Waals surface area contributed by atoms with Gasteiger partial charge in [-0.2, -0.15) is 0 Å². The highest BCUT2D eigenvalue weighted by molar-refractivity contribution is 5.94. The van der Waals surface area contributed by atoms with Crippen LogP contribution in [0.15, 0.2) is 42.5 Å². The minimum Gasteiger partial charge on any atom is -0.377 e. The molecular formula is C24H32FN3O2. The molecular weight excluding hydrogens is 381 g/mol. The predicted molar refractivity (Wildman–Crippen MR) is 120 cm³/mol. The quantitative estimate of drug-likeness (QED) is 0.668. The van der Waals surface area contributed by atoms with Gasteiger partial charge in [0.15, 0.2) is 0 Å². The molecule has 0 unspecified atom stereocenters. The highest BCUT2D eigenvalue weighted by Gasteiger charge is 2.25. The molecule has 0 radical (unpaired) electrons. The number of nitrogens with zero attached hydrogens (tertiary/aromatic N) is 2. The van der Waals surface area contributed by atoms with E-state index in [9.17, 15) is 14.0 Å². The number of halogens is 1. The van der Waals surface area contributed by atoms with E-state index in [1.807, 2.05) is 44.1 Å². The molecule has 30 heavy (non-hydrogen) atoms. The first-order valence-corrected chi connectivity index (χ1v) is 10.3. The molecule has 2 amide bonds. The second-order valence-electron chi connectivity index (χ2n) is 8.07. The van der Waals surface area contributed by atoms with E-state index in [4.69, 9.17) is 0 Å². The van der Waals surface area contributed by atoms with Crippen LogP contribution in [-0.4, -0.2) is 36.9 Å². The monoisotopic (exact) mass is 413 g/mol. The van der Waals surface area contributed by atoms with Crippen LogP contribution in [0.5, 0.6) is 0 Å². The van der Waals surface area contributed by atoms with E-state index < -0.39 is 5.82 Å². The second-order valence-corrected chi connectivity index (χ2v) is 8.07. The third-order valence-corrected chi connectivity index (χ3v) is 5.30. The van der Waals surface area contributed by atoms with E-state index in [1.54, 1.807) is 24.0 Å². The van der Waals surface area contributed by atoms with Gasteiger partial charge in [-0.3, -0.25) is 9.59 Å². The Morgan fingerprint density at radius 2 is 1.77 bits per heavy atom. The van der Waals surface area contributed by atoms with Crippen LogP contribution in [0.2, 0.25) is 0 Å². The van der Waals surface area contributed by atoms with Crippen molar-refractivity contribution in [2.45, 2.75) is 46.7 Å². The van der Waals surface area contributed by atoms with Gasteiger partial charge in [0.1, 0.15) is 5.82 Å². The van der Waals surface area contributed by atoms with Crippen molar-refractivity contribution in [3.05, 3.63) is 59.4 Å². The molecule has 0 saturated heterocycles. The minimum absolute atomic E-state index is 0.0651. The number of benzene rings is 2. The number of amides is 2. The molecule has 2 rings (SSSR count). The third kappa shape index (κ3) is 5.81. The lowest BCUT2D eigenvalue weighted by atomic mass is 10.0. The Morgan fingerprint density at radius 3 is 2.33 bits per heavy atom. The van der Waals surface area contributed by atoms with Crippen LogP contribution in [0, 0.1) is 11.7 Å². The van der Waals surface area contributed by atoms with Crippen LogP contribution in [0.4, 0.5) is 15.8 Å². The fourth-order valence-corrected chi connectivity index (χ4v) is 3.21. The molecule has 0 heterocycles. The lowest BCUT2D eigenvalue weighted by Crippen LogP contribution is -2.41. The molecule has 162 valence electrons. The maximum atomic E-state index is 13.7. The van der Waals surface area contributed by atoms with Crippen LogP contribution in [-0.2, 0) is 11.3 Å². The van der Waals surface area contributed by atoms with E-state index in [2.05, 4.69) is 19.2 Å². The molecule has 0 aliphatic rings. The van der Waals surface area contributed by atoms with Gasteiger partial charge in [-0.15, -0.1) is 0 Å². The molecule has 0 spiro atoms. The van der Waals surface area contributed by atoms with Gasteiger partial charge in [0.05, 0.1) is 0 Å². The van der Waals surface area contributed by atoms with Gasteiger partial charge >= 0.3 is 0 Å². The van der Waals surface area contributed by atoms with Crippen molar-refractivity contribution < 1.29 is 14.0 Å². The molecule has 6 heteroatoms. The first-order chi connectivity index (χ1) is 14.1. The third-order valence-electron chi connectivity index (χ3n) is 5.30. The summed E-state index contributed by atoms with van der Waals surface area (Å²) in [6.45, 7) is 8.26. The fourth-order valence-electron chi connectivity index (χ4n) is 3.21. The Bertz CT molecular complexity index is 896. The van der Waals surface area contributed by atoms with Crippen molar-refractivity contribution in [2.75, 3.05) is 24.3 Å². The van der Waals surface area contributed by atoms with Crippen LogP contribution in [0.3, 0.4) is 0 Å². The summed E-state index contributed by atoms with van der Waals surface area (Å²) in [5, 5.41) is 2.88. The molecule has 1 N–H and O–H groups in total. The predicted octanol–water partition coefficient (Wildman–Crippen LogP) is 4.93. The van der Waals surface area contributed by atoms with Gasteiger partial charge in [0.25, 0.3) is 5.91 Å². The van der Waals surface area contributed by atoms with Gasteiger partial charge in [-0.1, -0.05) is 26.8 Å². The zero-order valence-electron chi connectivity index (χ0n) is 18.7. The van der Waals surface area contributed by atoms with Crippen LogP contribution in [0.25, 0.3) is 0 Å². The number of carbonyl (C=O) groups excluding carboxylic acids is 2. The lowest BCUT2D eigenvalue weighted by Gasteiger charge is -2.33. The van der Waals surface area contributed by atoms with Crippen molar-refractivity contribution in [2.24, 2.45) is 5.92 Å². The Balaban J connectivity index is 2.46. The smallest absolute Gasteiger partial charge is 0.254 e. The van der Waals surface area contributed by atoms with E-state index in [1.165, 1.54) is 12.1 Å². The normalized spacial score (nSPS) is 11.9. The first kappa shape index (κ1) is 23.4. The molecule has 0 fully saturated rings. The summed E-state index contributed by atoms with van der Waals surface area (Å²) in [7, 11) is 3.88. The minimum atomic E-state index is -0.434. The Labute approximate surface area is 178 Å². The number of nitrogens with one attached hydrogen (secondary N) is 1. The largest absolute Gasteiger partial charge is 0.377 e. The van der Waals surface area contributed by atoms with Gasteiger partial charge in [0.2, 0.25) is 5.91 Å².